The zero-order valence-corrected chi connectivity index (χ0v) is 20.8. The molecule has 36 heavy (non-hydrogen) atoms. The molecule has 0 radical (unpaired) electrons. The van der Waals surface area contributed by atoms with Crippen LogP contribution in [0.2, 0.25) is 0 Å². The van der Waals surface area contributed by atoms with Crippen LogP contribution in [0.3, 0.4) is 0 Å². The molecule has 0 unspecified atom stereocenters. The maximum absolute atomic E-state index is 12.7. The van der Waals surface area contributed by atoms with E-state index in [9.17, 15) is 4.79 Å². The number of anilines is 2. The quantitative estimate of drug-likeness (QED) is 0.496. The summed E-state index contributed by atoms with van der Waals surface area (Å²) in [5.74, 6) is 3.89. The van der Waals surface area contributed by atoms with Crippen LogP contribution in [0.1, 0.15) is 57.6 Å². The molecule has 2 aromatic heterocycles. The first-order valence-electron chi connectivity index (χ1n) is 12.6. The molecule has 4 heterocycles. The Morgan fingerprint density at radius 3 is 2.67 bits per heavy atom. The number of nitrogens with one attached hydrogen (secondary N) is 2. The molecule has 2 saturated heterocycles. The number of ether oxygens (including phenoxy) is 1. The van der Waals surface area contributed by atoms with Gasteiger partial charge in [0.15, 0.2) is 5.82 Å². The van der Waals surface area contributed by atoms with Crippen LogP contribution in [0.25, 0.3) is 11.4 Å². The van der Waals surface area contributed by atoms with Crippen molar-refractivity contribution in [2.24, 2.45) is 5.92 Å². The zero-order chi connectivity index (χ0) is 24.9. The lowest BCUT2D eigenvalue weighted by molar-refractivity contribution is 0.0239. The third-order valence-electron chi connectivity index (χ3n) is 6.84. The average molecular weight is 490 g/mol. The van der Waals surface area contributed by atoms with Crippen LogP contribution in [0.15, 0.2) is 40.9 Å². The molecule has 2 aliphatic carbocycles. The number of carbonyl (C=O) groups excluding carboxylic acids is 1. The van der Waals surface area contributed by atoms with E-state index in [-0.39, 0.29) is 18.2 Å². The molecule has 1 amide bonds. The fourth-order valence-electron chi connectivity index (χ4n) is 4.87. The lowest BCUT2D eigenvalue weighted by Crippen LogP contribution is -2.50. The molecule has 1 aromatic carbocycles. The second kappa shape index (κ2) is 8.76. The Morgan fingerprint density at radius 1 is 1.14 bits per heavy atom. The van der Waals surface area contributed by atoms with Crippen LogP contribution in [0.5, 0.6) is 0 Å². The number of oxazole rings is 1. The summed E-state index contributed by atoms with van der Waals surface area (Å²) in [6.07, 6.45) is 4.83. The third-order valence-corrected chi connectivity index (χ3v) is 6.84. The highest BCUT2D eigenvalue weighted by atomic mass is 16.6. The fourth-order valence-corrected chi connectivity index (χ4v) is 4.87. The van der Waals surface area contributed by atoms with E-state index in [0.717, 1.165) is 17.7 Å². The van der Waals surface area contributed by atoms with Crippen molar-refractivity contribution in [3.8, 4) is 11.4 Å². The second-order valence-corrected chi connectivity index (χ2v) is 10.8. The Morgan fingerprint density at radius 2 is 1.92 bits per heavy atom. The van der Waals surface area contributed by atoms with Gasteiger partial charge in [0.2, 0.25) is 17.8 Å². The molecule has 7 rings (SSSR count). The van der Waals surface area contributed by atoms with Crippen molar-refractivity contribution < 1.29 is 13.9 Å². The maximum Gasteiger partial charge on any atom is 0.410 e. The summed E-state index contributed by atoms with van der Waals surface area (Å²) in [6, 6.07) is 9.94. The van der Waals surface area contributed by atoms with E-state index in [1.54, 1.807) is 0 Å². The van der Waals surface area contributed by atoms with Crippen LogP contribution in [0.4, 0.5) is 16.7 Å². The van der Waals surface area contributed by atoms with Gasteiger partial charge in [0.1, 0.15) is 11.4 Å². The number of carbonyl (C=O) groups is 1. The first-order valence-corrected chi connectivity index (χ1v) is 12.6. The van der Waals surface area contributed by atoms with Crippen molar-refractivity contribution in [1.82, 2.24) is 24.8 Å². The van der Waals surface area contributed by atoms with Crippen LogP contribution in [-0.2, 0) is 11.3 Å². The molecule has 3 aromatic rings. The van der Waals surface area contributed by atoms with Crippen molar-refractivity contribution in [3.63, 3.8) is 0 Å². The highest BCUT2D eigenvalue weighted by Crippen LogP contribution is 2.43. The summed E-state index contributed by atoms with van der Waals surface area (Å²) in [6.45, 7) is 6.71. The highest BCUT2D eigenvalue weighted by Gasteiger charge is 2.55. The van der Waals surface area contributed by atoms with Gasteiger partial charge in [-0.1, -0.05) is 30.3 Å². The Hall–Kier alpha value is -3.69. The zero-order valence-electron chi connectivity index (χ0n) is 20.8. The van der Waals surface area contributed by atoms with Crippen LogP contribution in [0, 0.1) is 5.92 Å². The van der Waals surface area contributed by atoms with E-state index in [1.165, 1.54) is 12.8 Å². The number of nitrogens with zero attached hydrogens (tertiary/aromatic N) is 5. The number of aromatic nitrogens is 4. The van der Waals surface area contributed by atoms with Gasteiger partial charge < -0.3 is 24.7 Å². The van der Waals surface area contributed by atoms with Gasteiger partial charge in [-0.2, -0.15) is 15.0 Å². The number of amides is 1. The minimum absolute atomic E-state index is 0.0614. The molecule has 10 heteroatoms. The topological polar surface area (TPSA) is 118 Å². The van der Waals surface area contributed by atoms with Crippen molar-refractivity contribution in [2.45, 2.75) is 70.2 Å². The van der Waals surface area contributed by atoms with Crippen molar-refractivity contribution in [2.75, 3.05) is 17.2 Å². The van der Waals surface area contributed by atoms with Crippen molar-refractivity contribution in [1.29, 1.82) is 0 Å². The van der Waals surface area contributed by atoms with Gasteiger partial charge in [0.05, 0.1) is 24.8 Å². The molecule has 3 atom stereocenters. The van der Waals surface area contributed by atoms with E-state index < -0.39 is 5.60 Å². The monoisotopic (exact) mass is 489 g/mol. The SMILES string of the molecule is CC(C)(C)OC(=O)N1C[C@@H]2C[C@H]1[C@@H]2Nc1nc(NCc2ncc(C3CC3)o2)nc(-c2ccccc2)n1. The fraction of sp³-hybridized carbons (Fsp3) is 0.500. The van der Waals surface area contributed by atoms with Crippen LogP contribution in [-0.4, -0.2) is 55.2 Å². The summed E-state index contributed by atoms with van der Waals surface area (Å²) in [4.78, 5) is 32.8. The average Bonchev–Trinajstić information content (AvgIpc) is 3.27. The first kappa shape index (κ1) is 22.8. The lowest BCUT2D eigenvalue weighted by atomic mass is 9.80. The number of hydrogen-bond donors (Lipinski definition) is 2. The summed E-state index contributed by atoms with van der Waals surface area (Å²) >= 11 is 0. The molecule has 4 fully saturated rings. The van der Waals surface area contributed by atoms with Crippen LogP contribution < -0.4 is 10.6 Å². The predicted molar refractivity (Wildman–Crippen MR) is 133 cm³/mol. The van der Waals surface area contributed by atoms with E-state index >= 15 is 0 Å². The normalized spacial score (nSPS) is 22.8. The Balaban J connectivity index is 1.19. The Kier molecular flexibility index (Phi) is 5.54. The maximum atomic E-state index is 12.7. The Bertz CT molecular complexity index is 1250. The highest BCUT2D eigenvalue weighted by molar-refractivity contribution is 5.70. The summed E-state index contributed by atoms with van der Waals surface area (Å²) in [5.41, 5.74) is 0.374. The Labute approximate surface area is 209 Å². The minimum Gasteiger partial charge on any atom is -0.444 e. The van der Waals surface area contributed by atoms with Gasteiger partial charge in [0, 0.05) is 23.9 Å². The molecule has 10 nitrogen and oxygen atoms in total. The molecule has 2 N–H and O–H groups in total. The van der Waals surface area contributed by atoms with Gasteiger partial charge in [-0.25, -0.2) is 9.78 Å². The van der Waals surface area contributed by atoms with E-state index in [1.807, 2.05) is 62.2 Å². The largest absolute Gasteiger partial charge is 0.444 e. The molecule has 2 aliphatic heterocycles. The van der Waals surface area contributed by atoms with Crippen molar-refractivity contribution >= 4 is 18.0 Å². The molecular formula is C26H31N7O3. The predicted octanol–water partition coefficient (Wildman–Crippen LogP) is 4.44. The number of rotatable bonds is 7. The lowest BCUT2D eigenvalue weighted by Gasteiger charge is -2.37. The van der Waals surface area contributed by atoms with E-state index in [4.69, 9.17) is 14.1 Å². The third kappa shape index (κ3) is 4.72. The molecular weight excluding hydrogens is 458 g/mol. The second-order valence-electron chi connectivity index (χ2n) is 10.8. The molecule has 0 spiro atoms. The van der Waals surface area contributed by atoms with Gasteiger partial charge in [-0.15, -0.1) is 0 Å². The molecule has 188 valence electrons. The van der Waals surface area contributed by atoms with Gasteiger partial charge in [-0.3, -0.25) is 0 Å². The first-order chi connectivity index (χ1) is 17.3. The molecule has 2 saturated carbocycles. The van der Waals surface area contributed by atoms with E-state index in [0.29, 0.717) is 48.5 Å². The summed E-state index contributed by atoms with van der Waals surface area (Å²) in [5, 5.41) is 6.71. The number of hydrogen-bond acceptors (Lipinski definition) is 9. The van der Waals surface area contributed by atoms with Gasteiger partial charge >= 0.3 is 6.09 Å². The molecule has 2 bridgehead atoms. The van der Waals surface area contributed by atoms with Gasteiger partial charge in [0.25, 0.3) is 0 Å². The van der Waals surface area contributed by atoms with Crippen LogP contribution >= 0.6 is 0 Å². The van der Waals surface area contributed by atoms with E-state index in [2.05, 4.69) is 25.6 Å². The number of benzene rings is 1. The minimum atomic E-state index is -0.519. The number of fused-ring (bicyclic) bond motifs is 1. The standard InChI is InChI=1S/C26H31N7O3/c1-26(2,3)36-25(34)33-14-17-11-18(33)21(17)29-24-31-22(16-7-5-4-6-8-16)30-23(32-24)28-13-20-27-12-19(35-20)15-9-10-15/h4-8,12,15,17-18,21H,9-11,13-14H2,1-3H3,(H2,28,29,30,31,32)/t17-,18-,21+/m0/s1. The summed E-state index contributed by atoms with van der Waals surface area (Å²) in [7, 11) is 0. The van der Waals surface area contributed by atoms with Crippen molar-refractivity contribution in [3.05, 3.63) is 48.2 Å². The van der Waals surface area contributed by atoms with Gasteiger partial charge in [-0.05, 0) is 40.0 Å². The molecule has 4 aliphatic rings. The smallest absolute Gasteiger partial charge is 0.410 e. The summed E-state index contributed by atoms with van der Waals surface area (Å²) < 4.78 is 11.5.